The van der Waals surface area contributed by atoms with Crippen LogP contribution in [-0.2, 0) is 9.53 Å². The first-order valence-electron chi connectivity index (χ1n) is 4.71. The van der Waals surface area contributed by atoms with Gasteiger partial charge in [-0.15, -0.1) is 0 Å². The molecule has 0 radical (unpaired) electrons. The van der Waals surface area contributed by atoms with Gasteiger partial charge in [-0.3, -0.25) is 4.79 Å². The van der Waals surface area contributed by atoms with E-state index in [1.807, 2.05) is 13.8 Å². The van der Waals surface area contributed by atoms with Gasteiger partial charge in [-0.2, -0.15) is 0 Å². The molecular weight excluding hydrogens is 166 g/mol. The molecule has 2 aliphatic rings. The molecule has 1 saturated heterocycles. The SMILES string of the molecule is CC(C)=CC(=O)NC1[C@H]2COC[C@@H]12. The van der Waals surface area contributed by atoms with Gasteiger partial charge >= 0.3 is 0 Å². The number of hydrogen-bond donors (Lipinski definition) is 1. The van der Waals surface area contributed by atoms with Crippen LogP contribution in [0, 0.1) is 11.8 Å². The first-order valence-corrected chi connectivity index (χ1v) is 4.71. The summed E-state index contributed by atoms with van der Waals surface area (Å²) in [6, 6.07) is 0.386. The molecule has 13 heavy (non-hydrogen) atoms. The van der Waals surface area contributed by atoms with Crippen molar-refractivity contribution in [1.82, 2.24) is 5.32 Å². The molecule has 0 aromatic carbocycles. The highest BCUT2D eigenvalue weighted by Gasteiger charge is 2.54. The Morgan fingerprint density at radius 3 is 2.54 bits per heavy atom. The minimum absolute atomic E-state index is 0.0411. The lowest BCUT2D eigenvalue weighted by Crippen LogP contribution is -2.28. The van der Waals surface area contributed by atoms with Crippen LogP contribution in [0.25, 0.3) is 0 Å². The fourth-order valence-corrected chi connectivity index (χ4v) is 1.92. The van der Waals surface area contributed by atoms with Crippen molar-refractivity contribution in [3.8, 4) is 0 Å². The quantitative estimate of drug-likeness (QED) is 0.637. The smallest absolute Gasteiger partial charge is 0.244 e. The second-order valence-electron chi connectivity index (χ2n) is 4.12. The summed E-state index contributed by atoms with van der Waals surface area (Å²) >= 11 is 0. The van der Waals surface area contributed by atoms with E-state index in [-0.39, 0.29) is 5.91 Å². The maximum atomic E-state index is 11.3. The van der Waals surface area contributed by atoms with E-state index < -0.39 is 0 Å². The Kier molecular flexibility index (Phi) is 2.12. The molecule has 3 heteroatoms. The zero-order valence-electron chi connectivity index (χ0n) is 8.04. The number of allylic oxidation sites excluding steroid dienone is 1. The predicted octanol–water partition coefficient (Wildman–Crippen LogP) is 0.714. The Balaban J connectivity index is 1.81. The summed E-state index contributed by atoms with van der Waals surface area (Å²) in [5.41, 5.74) is 1.04. The van der Waals surface area contributed by atoms with Gasteiger partial charge in [-0.05, 0) is 13.8 Å². The molecular formula is C10H15NO2. The van der Waals surface area contributed by atoms with Gasteiger partial charge in [0.05, 0.1) is 13.2 Å². The number of hydrogen-bond acceptors (Lipinski definition) is 2. The van der Waals surface area contributed by atoms with Crippen molar-refractivity contribution in [3.05, 3.63) is 11.6 Å². The molecule has 2 fully saturated rings. The lowest BCUT2D eigenvalue weighted by atomic mass is 10.3. The van der Waals surface area contributed by atoms with E-state index in [1.54, 1.807) is 6.08 Å². The summed E-state index contributed by atoms with van der Waals surface area (Å²) in [4.78, 5) is 11.3. The third-order valence-corrected chi connectivity index (χ3v) is 2.68. The summed E-state index contributed by atoms with van der Waals surface area (Å²) in [5.74, 6) is 1.23. The molecule has 2 rings (SSSR count). The average molecular weight is 181 g/mol. The van der Waals surface area contributed by atoms with Crippen LogP contribution >= 0.6 is 0 Å². The zero-order valence-corrected chi connectivity index (χ0v) is 8.04. The summed E-state index contributed by atoms with van der Waals surface area (Å²) in [5, 5.41) is 2.99. The highest BCUT2D eigenvalue weighted by atomic mass is 16.5. The molecule has 1 aliphatic carbocycles. The van der Waals surface area contributed by atoms with Gasteiger partial charge in [0.1, 0.15) is 0 Å². The van der Waals surface area contributed by atoms with Crippen LogP contribution in [0.1, 0.15) is 13.8 Å². The summed E-state index contributed by atoms with van der Waals surface area (Å²) < 4.78 is 5.23. The number of rotatable bonds is 2. The molecule has 1 heterocycles. The van der Waals surface area contributed by atoms with Crippen molar-refractivity contribution in [2.75, 3.05) is 13.2 Å². The molecule has 0 aromatic heterocycles. The van der Waals surface area contributed by atoms with Crippen LogP contribution < -0.4 is 5.32 Å². The van der Waals surface area contributed by atoms with Crippen LogP contribution in [0.15, 0.2) is 11.6 Å². The molecule has 1 aliphatic heterocycles. The molecule has 1 N–H and O–H groups in total. The zero-order chi connectivity index (χ0) is 9.42. The van der Waals surface area contributed by atoms with Gasteiger partial charge in [-0.25, -0.2) is 0 Å². The number of carbonyl (C=O) groups is 1. The van der Waals surface area contributed by atoms with Crippen LogP contribution in [-0.4, -0.2) is 25.2 Å². The van der Waals surface area contributed by atoms with Gasteiger partial charge in [0.2, 0.25) is 5.91 Å². The monoisotopic (exact) mass is 181 g/mol. The first-order chi connectivity index (χ1) is 6.18. The van der Waals surface area contributed by atoms with Crippen LogP contribution in [0.2, 0.25) is 0 Å². The highest BCUT2D eigenvalue weighted by molar-refractivity contribution is 5.88. The van der Waals surface area contributed by atoms with Crippen LogP contribution in [0.3, 0.4) is 0 Å². The second kappa shape index (κ2) is 3.14. The van der Waals surface area contributed by atoms with E-state index in [0.29, 0.717) is 17.9 Å². The third kappa shape index (κ3) is 1.75. The number of amides is 1. The predicted molar refractivity (Wildman–Crippen MR) is 49.2 cm³/mol. The molecule has 1 saturated carbocycles. The minimum atomic E-state index is 0.0411. The fraction of sp³-hybridized carbons (Fsp3) is 0.700. The van der Waals surface area contributed by atoms with Crippen LogP contribution in [0.5, 0.6) is 0 Å². The molecule has 0 spiro atoms. The molecule has 0 bridgehead atoms. The Morgan fingerprint density at radius 2 is 2.00 bits per heavy atom. The summed E-state index contributed by atoms with van der Waals surface area (Å²) in [7, 11) is 0. The normalized spacial score (nSPS) is 35.1. The van der Waals surface area contributed by atoms with E-state index in [0.717, 1.165) is 18.8 Å². The van der Waals surface area contributed by atoms with Gasteiger partial charge < -0.3 is 10.1 Å². The average Bonchev–Trinajstić information content (AvgIpc) is 2.51. The molecule has 72 valence electrons. The van der Waals surface area contributed by atoms with E-state index >= 15 is 0 Å². The van der Waals surface area contributed by atoms with Crippen molar-refractivity contribution in [2.45, 2.75) is 19.9 Å². The topological polar surface area (TPSA) is 38.3 Å². The lowest BCUT2D eigenvalue weighted by molar-refractivity contribution is -0.116. The van der Waals surface area contributed by atoms with Gasteiger partial charge in [-0.1, -0.05) is 5.57 Å². The molecule has 1 unspecified atom stereocenters. The number of ether oxygens (including phenoxy) is 1. The molecule has 0 aromatic rings. The van der Waals surface area contributed by atoms with Crippen molar-refractivity contribution in [2.24, 2.45) is 11.8 Å². The maximum Gasteiger partial charge on any atom is 0.244 e. The van der Waals surface area contributed by atoms with E-state index in [2.05, 4.69) is 5.32 Å². The Labute approximate surface area is 78.1 Å². The van der Waals surface area contributed by atoms with E-state index in [1.165, 1.54) is 0 Å². The van der Waals surface area contributed by atoms with Gasteiger partial charge in [0, 0.05) is 24.0 Å². The fourth-order valence-electron chi connectivity index (χ4n) is 1.92. The Bertz CT molecular complexity index is 246. The number of nitrogens with one attached hydrogen (secondary N) is 1. The Hall–Kier alpha value is -0.830. The van der Waals surface area contributed by atoms with Crippen molar-refractivity contribution >= 4 is 5.91 Å². The molecule has 1 amide bonds. The molecule has 3 atom stereocenters. The highest BCUT2D eigenvalue weighted by Crippen LogP contribution is 2.43. The lowest BCUT2D eigenvalue weighted by Gasteiger charge is -2.04. The van der Waals surface area contributed by atoms with Crippen molar-refractivity contribution in [1.29, 1.82) is 0 Å². The van der Waals surface area contributed by atoms with E-state index in [4.69, 9.17) is 4.74 Å². The van der Waals surface area contributed by atoms with Gasteiger partial charge in [0.15, 0.2) is 0 Å². The minimum Gasteiger partial charge on any atom is -0.381 e. The largest absolute Gasteiger partial charge is 0.381 e. The van der Waals surface area contributed by atoms with Crippen molar-refractivity contribution < 1.29 is 9.53 Å². The summed E-state index contributed by atoms with van der Waals surface area (Å²) in [6.07, 6.45) is 1.65. The number of fused-ring (bicyclic) bond motifs is 1. The molecule has 3 nitrogen and oxygen atoms in total. The first kappa shape index (κ1) is 8.75. The van der Waals surface area contributed by atoms with Gasteiger partial charge in [0.25, 0.3) is 0 Å². The second-order valence-corrected chi connectivity index (χ2v) is 4.12. The van der Waals surface area contributed by atoms with E-state index in [9.17, 15) is 4.79 Å². The summed E-state index contributed by atoms with van der Waals surface area (Å²) in [6.45, 7) is 5.50. The standard InChI is InChI=1S/C10H15NO2/c1-6(2)3-9(12)11-10-7-4-13-5-8(7)10/h3,7-8,10H,4-5H2,1-2H3,(H,11,12)/t7-,8+,10?. The van der Waals surface area contributed by atoms with Crippen LogP contribution in [0.4, 0.5) is 0 Å². The number of carbonyl (C=O) groups excluding carboxylic acids is 1. The Morgan fingerprint density at radius 1 is 1.38 bits per heavy atom. The maximum absolute atomic E-state index is 11.3. The van der Waals surface area contributed by atoms with Crippen molar-refractivity contribution in [3.63, 3.8) is 0 Å². The third-order valence-electron chi connectivity index (χ3n) is 2.68.